The molecule has 1 fully saturated rings. The first-order valence-corrected chi connectivity index (χ1v) is 8.84. The highest BCUT2D eigenvalue weighted by molar-refractivity contribution is 5.57. The second-order valence-electron chi connectivity index (χ2n) is 8.21. The lowest BCUT2D eigenvalue weighted by Crippen LogP contribution is -2.46. The molecule has 3 aliphatic carbocycles. The van der Waals surface area contributed by atoms with Crippen molar-refractivity contribution in [2.45, 2.75) is 59.0 Å². The summed E-state index contributed by atoms with van der Waals surface area (Å²) < 4.78 is 0. The molecular formula is C20H27NO2. The molecule has 3 heteroatoms. The van der Waals surface area contributed by atoms with E-state index in [1.54, 1.807) is 0 Å². The third-order valence-corrected chi connectivity index (χ3v) is 6.69. The van der Waals surface area contributed by atoms with E-state index in [9.17, 15) is 15.2 Å². The molecule has 1 N–H and O–H groups in total. The van der Waals surface area contributed by atoms with Crippen LogP contribution in [0, 0.1) is 39.9 Å². The van der Waals surface area contributed by atoms with Gasteiger partial charge >= 0.3 is 0 Å². The fourth-order valence-corrected chi connectivity index (χ4v) is 5.07. The first-order valence-electron chi connectivity index (χ1n) is 8.84. The van der Waals surface area contributed by atoms with Gasteiger partial charge in [-0.15, -0.1) is 0 Å². The first-order chi connectivity index (χ1) is 10.9. The summed E-state index contributed by atoms with van der Waals surface area (Å²) in [6.45, 7) is 6.55. The second-order valence-corrected chi connectivity index (χ2v) is 8.21. The van der Waals surface area contributed by atoms with Gasteiger partial charge in [-0.25, -0.2) is 0 Å². The van der Waals surface area contributed by atoms with Crippen LogP contribution in [0.5, 0.6) is 0 Å². The molecule has 0 aliphatic heterocycles. The van der Waals surface area contributed by atoms with Gasteiger partial charge in [0.25, 0.3) is 0 Å². The number of carbonyl (C=O) groups excluding carboxylic acids is 1. The molecule has 0 bridgehead atoms. The minimum absolute atomic E-state index is 0.0794. The van der Waals surface area contributed by atoms with Gasteiger partial charge in [0.1, 0.15) is 6.29 Å². The van der Waals surface area contributed by atoms with Crippen LogP contribution < -0.4 is 0 Å². The number of aldehydes is 1. The molecule has 3 rings (SSSR count). The Morgan fingerprint density at radius 3 is 2.70 bits per heavy atom. The number of carbonyl (C=O) groups is 1. The fourth-order valence-electron chi connectivity index (χ4n) is 5.07. The van der Waals surface area contributed by atoms with Gasteiger partial charge in [-0.2, -0.15) is 5.26 Å². The summed E-state index contributed by atoms with van der Waals surface area (Å²) in [5, 5.41) is 20.8. The van der Waals surface area contributed by atoms with E-state index in [0.717, 1.165) is 32.0 Å². The van der Waals surface area contributed by atoms with Crippen LogP contribution in [0.15, 0.2) is 23.3 Å². The van der Waals surface area contributed by atoms with Crippen LogP contribution in [0.3, 0.4) is 0 Å². The fraction of sp³-hybridized carbons (Fsp3) is 0.700. The molecule has 2 unspecified atom stereocenters. The van der Waals surface area contributed by atoms with Gasteiger partial charge < -0.3 is 9.90 Å². The van der Waals surface area contributed by atoms with Crippen molar-refractivity contribution in [3.8, 4) is 6.07 Å². The monoisotopic (exact) mass is 313 g/mol. The molecule has 0 aromatic heterocycles. The summed E-state index contributed by atoms with van der Waals surface area (Å²) in [5.41, 5.74) is 2.05. The van der Waals surface area contributed by atoms with Crippen LogP contribution in [-0.4, -0.2) is 17.5 Å². The molecule has 0 saturated heterocycles. The number of nitrogens with zero attached hydrogens (tertiary/aromatic N) is 1. The third-order valence-electron chi connectivity index (χ3n) is 6.69. The Labute approximate surface area is 139 Å². The van der Waals surface area contributed by atoms with Crippen molar-refractivity contribution >= 4 is 6.29 Å². The molecule has 0 aromatic carbocycles. The molecule has 0 spiro atoms. The standard InChI is InChI=1S/C20H27NO2/c1-13(2)15-6-7-20(12-21)9-8-19(3)16(18(15)20)5-4-14(11-22)10-17(19)23/h4-5,11,13-14,16-17,23H,6-10H2,1-3H3/t14?,16-,17?,19-,20-/m1/s1. The maximum Gasteiger partial charge on any atom is 0.126 e. The highest BCUT2D eigenvalue weighted by Crippen LogP contribution is 2.62. The minimum Gasteiger partial charge on any atom is -0.392 e. The van der Waals surface area contributed by atoms with E-state index in [-0.39, 0.29) is 22.7 Å². The molecule has 23 heavy (non-hydrogen) atoms. The summed E-state index contributed by atoms with van der Waals surface area (Å²) >= 11 is 0. The number of fused-ring (bicyclic) bond motifs is 3. The van der Waals surface area contributed by atoms with Crippen molar-refractivity contribution in [3.63, 3.8) is 0 Å². The number of aliphatic hydroxyl groups is 1. The van der Waals surface area contributed by atoms with Crippen LogP contribution in [-0.2, 0) is 4.79 Å². The molecule has 0 amide bonds. The van der Waals surface area contributed by atoms with E-state index in [4.69, 9.17) is 0 Å². The van der Waals surface area contributed by atoms with Crippen LogP contribution in [0.25, 0.3) is 0 Å². The average Bonchev–Trinajstić information content (AvgIpc) is 2.87. The molecular weight excluding hydrogens is 286 g/mol. The van der Waals surface area contributed by atoms with E-state index in [1.165, 1.54) is 11.1 Å². The summed E-state index contributed by atoms with van der Waals surface area (Å²) in [5.74, 6) is 0.294. The van der Waals surface area contributed by atoms with E-state index in [2.05, 4.69) is 32.9 Å². The SMILES string of the molecule is CC(C)C1=C2[C@H]3C=CC(C=O)CC(O)[C@]3(C)CC[C@@]2(C#N)CC1. The minimum atomic E-state index is -0.504. The highest BCUT2D eigenvalue weighted by Gasteiger charge is 2.56. The van der Waals surface area contributed by atoms with E-state index < -0.39 is 6.10 Å². The Balaban J connectivity index is 2.16. The van der Waals surface area contributed by atoms with Crippen molar-refractivity contribution in [1.82, 2.24) is 0 Å². The maximum atomic E-state index is 11.3. The predicted molar refractivity (Wildman–Crippen MR) is 89.3 cm³/mol. The topological polar surface area (TPSA) is 61.1 Å². The smallest absolute Gasteiger partial charge is 0.126 e. The Morgan fingerprint density at radius 2 is 2.09 bits per heavy atom. The zero-order valence-electron chi connectivity index (χ0n) is 14.4. The Morgan fingerprint density at radius 1 is 1.35 bits per heavy atom. The van der Waals surface area contributed by atoms with E-state index >= 15 is 0 Å². The Hall–Kier alpha value is -1.40. The lowest BCUT2D eigenvalue weighted by atomic mass is 9.54. The molecule has 3 nitrogen and oxygen atoms in total. The summed E-state index contributed by atoms with van der Waals surface area (Å²) in [6.07, 6.45) is 8.61. The van der Waals surface area contributed by atoms with Crippen molar-refractivity contribution in [2.24, 2.45) is 28.6 Å². The maximum absolute atomic E-state index is 11.3. The number of allylic oxidation sites excluding steroid dienone is 4. The average molecular weight is 313 g/mol. The van der Waals surface area contributed by atoms with Crippen LogP contribution in [0.1, 0.15) is 52.9 Å². The van der Waals surface area contributed by atoms with Gasteiger partial charge in [-0.3, -0.25) is 0 Å². The molecule has 124 valence electrons. The van der Waals surface area contributed by atoms with Gasteiger partial charge in [0, 0.05) is 17.3 Å². The van der Waals surface area contributed by atoms with Crippen molar-refractivity contribution in [3.05, 3.63) is 23.3 Å². The van der Waals surface area contributed by atoms with E-state index in [0.29, 0.717) is 12.3 Å². The van der Waals surface area contributed by atoms with Crippen LogP contribution >= 0.6 is 0 Å². The molecule has 5 atom stereocenters. The van der Waals surface area contributed by atoms with Gasteiger partial charge in [-0.05, 0) is 43.6 Å². The van der Waals surface area contributed by atoms with Crippen molar-refractivity contribution in [2.75, 3.05) is 0 Å². The molecule has 0 aromatic rings. The molecule has 0 radical (unpaired) electrons. The van der Waals surface area contributed by atoms with Gasteiger partial charge in [0.15, 0.2) is 0 Å². The number of rotatable bonds is 2. The van der Waals surface area contributed by atoms with Gasteiger partial charge in [-0.1, -0.05) is 38.5 Å². The molecule has 1 saturated carbocycles. The first kappa shape index (κ1) is 16.5. The Bertz CT molecular complexity index is 612. The Kier molecular flexibility index (Phi) is 4.01. The van der Waals surface area contributed by atoms with Gasteiger partial charge in [0.2, 0.25) is 0 Å². The number of hydrogen-bond donors (Lipinski definition) is 1. The quantitative estimate of drug-likeness (QED) is 0.623. The zero-order valence-corrected chi connectivity index (χ0v) is 14.4. The molecule has 0 heterocycles. The predicted octanol–water partition coefficient (Wildman–Crippen LogP) is 3.79. The third kappa shape index (κ3) is 2.31. The summed E-state index contributed by atoms with van der Waals surface area (Å²) in [7, 11) is 0. The van der Waals surface area contributed by atoms with Crippen LogP contribution in [0.2, 0.25) is 0 Å². The summed E-state index contributed by atoms with van der Waals surface area (Å²) in [6, 6.07) is 2.63. The lowest BCUT2D eigenvalue weighted by Gasteiger charge is -2.49. The summed E-state index contributed by atoms with van der Waals surface area (Å²) in [4.78, 5) is 11.3. The number of nitriles is 1. The van der Waals surface area contributed by atoms with Crippen LogP contribution in [0.4, 0.5) is 0 Å². The zero-order chi connectivity index (χ0) is 16.8. The number of aliphatic hydroxyl groups excluding tert-OH is 1. The van der Waals surface area contributed by atoms with Gasteiger partial charge in [0.05, 0.1) is 17.6 Å². The normalized spacial score (nSPS) is 42.9. The van der Waals surface area contributed by atoms with Crippen molar-refractivity contribution in [1.29, 1.82) is 5.26 Å². The highest BCUT2D eigenvalue weighted by atomic mass is 16.3. The second kappa shape index (κ2) is 5.60. The van der Waals surface area contributed by atoms with Crippen molar-refractivity contribution < 1.29 is 9.90 Å². The number of hydrogen-bond acceptors (Lipinski definition) is 3. The largest absolute Gasteiger partial charge is 0.392 e. The molecule has 3 aliphatic rings. The van der Waals surface area contributed by atoms with E-state index in [1.807, 2.05) is 6.08 Å². The lowest BCUT2D eigenvalue weighted by molar-refractivity contribution is -0.111.